The van der Waals surface area contributed by atoms with Crippen molar-refractivity contribution in [2.24, 2.45) is 5.92 Å². The third-order valence-corrected chi connectivity index (χ3v) is 3.80. The molecule has 0 spiro atoms. The summed E-state index contributed by atoms with van der Waals surface area (Å²) in [7, 11) is 0. The second-order valence-corrected chi connectivity index (χ2v) is 5.24. The average Bonchev–Trinajstić information content (AvgIpc) is 2.49. The lowest BCUT2D eigenvalue weighted by atomic mass is 9.85. The van der Waals surface area contributed by atoms with Gasteiger partial charge in [-0.1, -0.05) is 12.8 Å². The molecular formula is C15H18FN3O2. The largest absolute Gasteiger partial charge is 0.396 e. The van der Waals surface area contributed by atoms with Crippen LogP contribution in [0.4, 0.5) is 14.9 Å². The van der Waals surface area contributed by atoms with Crippen LogP contribution >= 0.6 is 0 Å². The molecule has 0 radical (unpaired) electrons. The number of halogens is 1. The summed E-state index contributed by atoms with van der Waals surface area (Å²) in [6, 6.07) is 5.10. The predicted molar refractivity (Wildman–Crippen MR) is 76.1 cm³/mol. The summed E-state index contributed by atoms with van der Waals surface area (Å²) in [5.41, 5.74) is 0.250. The number of benzene rings is 1. The van der Waals surface area contributed by atoms with Gasteiger partial charge in [-0.15, -0.1) is 0 Å². The van der Waals surface area contributed by atoms with Crippen molar-refractivity contribution in [1.29, 1.82) is 5.26 Å². The molecule has 0 heterocycles. The van der Waals surface area contributed by atoms with Crippen molar-refractivity contribution >= 4 is 11.7 Å². The highest BCUT2D eigenvalue weighted by Crippen LogP contribution is 2.24. The molecule has 2 unspecified atom stereocenters. The van der Waals surface area contributed by atoms with Crippen molar-refractivity contribution in [1.82, 2.24) is 5.32 Å². The first-order chi connectivity index (χ1) is 10.1. The first-order valence-corrected chi connectivity index (χ1v) is 7.02. The van der Waals surface area contributed by atoms with Gasteiger partial charge in [0.15, 0.2) is 0 Å². The van der Waals surface area contributed by atoms with E-state index in [1.54, 1.807) is 6.07 Å². The van der Waals surface area contributed by atoms with E-state index in [1.807, 2.05) is 0 Å². The van der Waals surface area contributed by atoms with Gasteiger partial charge in [0.25, 0.3) is 0 Å². The van der Waals surface area contributed by atoms with E-state index in [0.717, 1.165) is 31.7 Å². The molecule has 5 nitrogen and oxygen atoms in total. The van der Waals surface area contributed by atoms with Crippen LogP contribution in [0.1, 0.15) is 31.2 Å². The van der Waals surface area contributed by atoms with Gasteiger partial charge in [0, 0.05) is 24.3 Å². The highest BCUT2D eigenvalue weighted by Gasteiger charge is 2.25. The topological polar surface area (TPSA) is 85.2 Å². The number of carbonyl (C=O) groups is 1. The zero-order chi connectivity index (χ0) is 15.2. The Bertz CT molecular complexity index is 556. The zero-order valence-electron chi connectivity index (χ0n) is 11.6. The monoisotopic (exact) mass is 291 g/mol. The minimum Gasteiger partial charge on any atom is -0.396 e. The molecule has 1 aromatic carbocycles. The molecule has 6 heteroatoms. The van der Waals surface area contributed by atoms with Crippen LogP contribution in [0.25, 0.3) is 0 Å². The van der Waals surface area contributed by atoms with Crippen molar-refractivity contribution < 1.29 is 14.3 Å². The molecule has 1 aliphatic rings. The molecule has 1 aromatic rings. The molecule has 1 aliphatic carbocycles. The van der Waals surface area contributed by atoms with E-state index in [2.05, 4.69) is 10.6 Å². The van der Waals surface area contributed by atoms with Gasteiger partial charge in [0.05, 0.1) is 5.56 Å². The summed E-state index contributed by atoms with van der Waals surface area (Å²) in [4.78, 5) is 11.9. The number of hydrogen-bond acceptors (Lipinski definition) is 3. The number of rotatable bonds is 3. The maximum atomic E-state index is 13.2. The number of urea groups is 1. The first-order valence-electron chi connectivity index (χ1n) is 7.02. The minimum absolute atomic E-state index is 0.0556. The SMILES string of the molecule is N#Cc1cc(NC(=O)NC2CCCCC2CO)ccc1F. The lowest BCUT2D eigenvalue weighted by Gasteiger charge is -2.30. The van der Waals surface area contributed by atoms with E-state index in [1.165, 1.54) is 12.1 Å². The molecule has 0 aliphatic heterocycles. The van der Waals surface area contributed by atoms with Crippen molar-refractivity contribution in [2.45, 2.75) is 31.7 Å². The summed E-state index contributed by atoms with van der Waals surface area (Å²) in [5, 5.41) is 23.5. The Labute approximate surface area is 122 Å². The van der Waals surface area contributed by atoms with Crippen LogP contribution in [0.3, 0.4) is 0 Å². The van der Waals surface area contributed by atoms with Gasteiger partial charge >= 0.3 is 6.03 Å². The van der Waals surface area contributed by atoms with Gasteiger partial charge in [-0.05, 0) is 31.0 Å². The quantitative estimate of drug-likeness (QED) is 0.799. The van der Waals surface area contributed by atoms with Crippen molar-refractivity contribution in [3.05, 3.63) is 29.6 Å². The molecule has 2 amide bonds. The summed E-state index contributed by atoms with van der Waals surface area (Å²) in [6.07, 6.45) is 3.83. The van der Waals surface area contributed by atoms with Crippen LogP contribution < -0.4 is 10.6 Å². The van der Waals surface area contributed by atoms with E-state index in [0.29, 0.717) is 5.69 Å². The maximum absolute atomic E-state index is 13.2. The molecule has 112 valence electrons. The number of hydrogen-bond donors (Lipinski definition) is 3. The summed E-state index contributed by atoms with van der Waals surface area (Å²) in [5.74, 6) is -0.538. The number of anilines is 1. The van der Waals surface area contributed by atoms with Crippen molar-refractivity contribution in [3.8, 4) is 6.07 Å². The molecule has 3 N–H and O–H groups in total. The smallest absolute Gasteiger partial charge is 0.319 e. The summed E-state index contributed by atoms with van der Waals surface area (Å²) >= 11 is 0. The molecule has 0 bridgehead atoms. The fraction of sp³-hybridized carbons (Fsp3) is 0.467. The number of aliphatic hydroxyl groups is 1. The van der Waals surface area contributed by atoms with Gasteiger partial charge < -0.3 is 15.7 Å². The van der Waals surface area contributed by atoms with E-state index in [-0.39, 0.29) is 24.1 Å². The van der Waals surface area contributed by atoms with Crippen LogP contribution in [0.2, 0.25) is 0 Å². The van der Waals surface area contributed by atoms with Crippen LogP contribution in [0.15, 0.2) is 18.2 Å². The molecule has 21 heavy (non-hydrogen) atoms. The molecule has 1 saturated carbocycles. The summed E-state index contributed by atoms with van der Waals surface area (Å²) in [6.45, 7) is 0.0556. The van der Waals surface area contributed by atoms with E-state index >= 15 is 0 Å². The van der Waals surface area contributed by atoms with Gasteiger partial charge in [-0.2, -0.15) is 5.26 Å². The Morgan fingerprint density at radius 2 is 2.19 bits per heavy atom. The van der Waals surface area contributed by atoms with Crippen LogP contribution in [0, 0.1) is 23.1 Å². The van der Waals surface area contributed by atoms with E-state index in [4.69, 9.17) is 5.26 Å². The van der Waals surface area contributed by atoms with Crippen LogP contribution in [0.5, 0.6) is 0 Å². The molecule has 1 fully saturated rings. The number of aliphatic hydroxyl groups excluding tert-OH is 1. The second-order valence-electron chi connectivity index (χ2n) is 5.24. The number of nitrogens with zero attached hydrogens (tertiary/aromatic N) is 1. The predicted octanol–water partition coefficient (Wildman–Crippen LogP) is 2.37. The van der Waals surface area contributed by atoms with E-state index in [9.17, 15) is 14.3 Å². The van der Waals surface area contributed by atoms with E-state index < -0.39 is 11.8 Å². The Balaban J connectivity index is 1.97. The Morgan fingerprint density at radius 3 is 2.90 bits per heavy atom. The Morgan fingerprint density at radius 1 is 1.43 bits per heavy atom. The number of nitriles is 1. The normalized spacial score (nSPS) is 21.4. The molecular weight excluding hydrogens is 273 g/mol. The standard InChI is InChI=1S/C15H18FN3O2/c16-13-6-5-12(7-11(13)8-17)18-15(21)19-14-4-2-1-3-10(14)9-20/h5-7,10,14,20H,1-4,9H2,(H2,18,19,21). The van der Waals surface area contributed by atoms with Crippen molar-refractivity contribution in [2.75, 3.05) is 11.9 Å². The van der Waals surface area contributed by atoms with Gasteiger partial charge in [0.1, 0.15) is 11.9 Å². The number of nitrogens with one attached hydrogen (secondary N) is 2. The molecule has 2 rings (SSSR count). The Hall–Kier alpha value is -2.13. The zero-order valence-corrected chi connectivity index (χ0v) is 11.6. The van der Waals surface area contributed by atoms with Gasteiger partial charge in [-0.3, -0.25) is 0 Å². The fourth-order valence-electron chi connectivity index (χ4n) is 2.64. The van der Waals surface area contributed by atoms with Crippen molar-refractivity contribution in [3.63, 3.8) is 0 Å². The third kappa shape index (κ3) is 3.92. The highest BCUT2D eigenvalue weighted by molar-refractivity contribution is 5.89. The lowest BCUT2D eigenvalue weighted by molar-refractivity contribution is 0.156. The lowest BCUT2D eigenvalue weighted by Crippen LogP contribution is -2.45. The Kier molecular flexibility index (Phi) is 5.12. The molecule has 0 saturated heterocycles. The molecule has 0 aromatic heterocycles. The number of amides is 2. The average molecular weight is 291 g/mol. The highest BCUT2D eigenvalue weighted by atomic mass is 19.1. The fourth-order valence-corrected chi connectivity index (χ4v) is 2.64. The van der Waals surface area contributed by atoms with Gasteiger partial charge in [-0.25, -0.2) is 9.18 Å². The maximum Gasteiger partial charge on any atom is 0.319 e. The third-order valence-electron chi connectivity index (χ3n) is 3.80. The van der Waals surface area contributed by atoms with Crippen LogP contribution in [-0.2, 0) is 0 Å². The number of carbonyl (C=O) groups excluding carboxylic acids is 1. The van der Waals surface area contributed by atoms with Crippen LogP contribution in [-0.4, -0.2) is 23.8 Å². The first kappa shape index (κ1) is 15.3. The second kappa shape index (κ2) is 7.04. The molecule has 2 atom stereocenters. The van der Waals surface area contributed by atoms with Gasteiger partial charge in [0.2, 0.25) is 0 Å². The summed E-state index contributed by atoms with van der Waals surface area (Å²) < 4.78 is 13.2. The minimum atomic E-state index is -0.615.